The van der Waals surface area contributed by atoms with Gasteiger partial charge in [0.25, 0.3) is 5.91 Å². The molecule has 1 aliphatic carbocycles. The quantitative estimate of drug-likeness (QED) is 0.737. The number of nitrogens with zero attached hydrogens (tertiary/aromatic N) is 1. The molecular weight excluding hydrogens is 236 g/mol. The maximum absolute atomic E-state index is 11.9. The normalized spacial score (nSPS) is 24.9. The maximum atomic E-state index is 11.9. The number of oxime groups is 1. The van der Waals surface area contributed by atoms with Crippen molar-refractivity contribution in [3.63, 3.8) is 0 Å². The van der Waals surface area contributed by atoms with Gasteiger partial charge in [-0.3, -0.25) is 4.79 Å². The Bertz CT molecular complexity index is 359. The van der Waals surface area contributed by atoms with Crippen LogP contribution < -0.4 is 5.32 Å². The third kappa shape index (κ3) is 3.21. The van der Waals surface area contributed by atoms with Crippen molar-refractivity contribution in [1.29, 1.82) is 0 Å². The molecule has 1 unspecified atom stereocenters. The largest absolute Gasteiger partial charge is 0.477 e. The van der Waals surface area contributed by atoms with Crippen molar-refractivity contribution in [2.24, 2.45) is 5.16 Å². The van der Waals surface area contributed by atoms with Gasteiger partial charge in [-0.2, -0.15) is 0 Å². The van der Waals surface area contributed by atoms with Gasteiger partial charge in [0.2, 0.25) is 6.10 Å². The molecule has 0 aromatic heterocycles. The second-order valence-corrected chi connectivity index (χ2v) is 4.84. The van der Waals surface area contributed by atoms with E-state index in [1.165, 1.54) is 12.8 Å². The van der Waals surface area contributed by atoms with Crippen molar-refractivity contribution in [2.75, 3.05) is 0 Å². The van der Waals surface area contributed by atoms with Gasteiger partial charge in [0, 0.05) is 12.5 Å². The highest BCUT2D eigenvalue weighted by atomic mass is 16.6. The fraction of sp³-hybridized carbons (Fsp3) is 0.750. The number of amides is 1. The Morgan fingerprint density at radius 1 is 1.22 bits per heavy atom. The predicted octanol–water partition coefficient (Wildman–Crippen LogP) is 1.05. The standard InChI is InChI=1S/C12H18N2O4/c15-11(10-7-9(12(16)17)14-18-10)13-8-5-3-1-2-4-6-8/h8,10H,1-7H2,(H,13,15)(H,16,17). The molecule has 100 valence electrons. The van der Waals surface area contributed by atoms with E-state index in [-0.39, 0.29) is 24.1 Å². The molecule has 0 radical (unpaired) electrons. The lowest BCUT2D eigenvalue weighted by Gasteiger charge is -2.17. The fourth-order valence-corrected chi connectivity index (χ4v) is 2.36. The zero-order valence-corrected chi connectivity index (χ0v) is 10.2. The second-order valence-electron chi connectivity index (χ2n) is 4.84. The minimum absolute atomic E-state index is 0.0495. The van der Waals surface area contributed by atoms with Gasteiger partial charge in [-0.05, 0) is 12.8 Å². The van der Waals surface area contributed by atoms with Crippen molar-refractivity contribution < 1.29 is 19.5 Å². The first-order valence-electron chi connectivity index (χ1n) is 6.43. The van der Waals surface area contributed by atoms with Gasteiger partial charge < -0.3 is 15.3 Å². The number of hydrogen-bond acceptors (Lipinski definition) is 4. The van der Waals surface area contributed by atoms with Gasteiger partial charge >= 0.3 is 5.97 Å². The van der Waals surface area contributed by atoms with E-state index in [0.29, 0.717) is 0 Å². The third-order valence-corrected chi connectivity index (χ3v) is 3.41. The molecule has 2 aliphatic rings. The molecule has 1 heterocycles. The van der Waals surface area contributed by atoms with Gasteiger partial charge in [0.1, 0.15) is 0 Å². The molecule has 1 amide bonds. The minimum atomic E-state index is -1.13. The molecule has 0 aromatic rings. The molecule has 0 saturated heterocycles. The van der Waals surface area contributed by atoms with Crippen molar-refractivity contribution >= 4 is 17.6 Å². The van der Waals surface area contributed by atoms with Crippen LogP contribution in [-0.2, 0) is 14.4 Å². The number of carboxylic acid groups (broad SMARTS) is 1. The molecule has 0 aromatic carbocycles. The second kappa shape index (κ2) is 5.84. The maximum Gasteiger partial charge on any atom is 0.353 e. The zero-order chi connectivity index (χ0) is 13.0. The first-order valence-corrected chi connectivity index (χ1v) is 6.43. The van der Waals surface area contributed by atoms with Gasteiger partial charge in [-0.15, -0.1) is 0 Å². The molecule has 1 atom stereocenters. The minimum Gasteiger partial charge on any atom is -0.477 e. The first kappa shape index (κ1) is 12.9. The van der Waals surface area contributed by atoms with Crippen LogP contribution in [0.1, 0.15) is 44.9 Å². The average Bonchev–Trinajstić information content (AvgIpc) is 2.70. The zero-order valence-electron chi connectivity index (χ0n) is 10.2. The fourth-order valence-electron chi connectivity index (χ4n) is 2.36. The number of carbonyl (C=O) groups is 2. The van der Waals surface area contributed by atoms with Crippen LogP contribution in [0.3, 0.4) is 0 Å². The van der Waals surface area contributed by atoms with Gasteiger partial charge in [-0.1, -0.05) is 30.8 Å². The molecule has 0 spiro atoms. The van der Waals surface area contributed by atoms with E-state index in [9.17, 15) is 9.59 Å². The van der Waals surface area contributed by atoms with Gasteiger partial charge in [0.05, 0.1) is 0 Å². The van der Waals surface area contributed by atoms with E-state index in [1.807, 2.05) is 0 Å². The molecule has 1 fully saturated rings. The van der Waals surface area contributed by atoms with E-state index < -0.39 is 12.1 Å². The van der Waals surface area contributed by atoms with Crippen molar-refractivity contribution in [1.82, 2.24) is 5.32 Å². The molecule has 0 bridgehead atoms. The molecule has 1 saturated carbocycles. The molecule has 2 N–H and O–H groups in total. The Labute approximate surface area is 105 Å². The first-order chi connectivity index (χ1) is 8.66. The monoisotopic (exact) mass is 254 g/mol. The number of carbonyl (C=O) groups excluding carboxylic acids is 1. The Morgan fingerprint density at radius 2 is 1.89 bits per heavy atom. The molecule has 6 nitrogen and oxygen atoms in total. The average molecular weight is 254 g/mol. The van der Waals surface area contributed by atoms with Crippen LogP contribution in [0.4, 0.5) is 0 Å². The molecule has 18 heavy (non-hydrogen) atoms. The van der Waals surface area contributed by atoms with Crippen molar-refractivity contribution in [2.45, 2.75) is 57.1 Å². The Kier molecular flexibility index (Phi) is 4.17. The lowest BCUT2D eigenvalue weighted by Crippen LogP contribution is -2.41. The smallest absolute Gasteiger partial charge is 0.353 e. The predicted molar refractivity (Wildman–Crippen MR) is 64.2 cm³/mol. The molecule has 1 aliphatic heterocycles. The summed E-state index contributed by atoms with van der Waals surface area (Å²) in [6.45, 7) is 0. The summed E-state index contributed by atoms with van der Waals surface area (Å²) in [6.07, 6.45) is 5.96. The van der Waals surface area contributed by atoms with Crippen LogP contribution in [0.2, 0.25) is 0 Å². The summed E-state index contributed by atoms with van der Waals surface area (Å²) in [5.41, 5.74) is -0.0870. The Morgan fingerprint density at radius 3 is 2.44 bits per heavy atom. The highest BCUT2D eigenvalue weighted by Gasteiger charge is 2.32. The molecule has 2 rings (SSSR count). The summed E-state index contributed by atoms with van der Waals surface area (Å²) in [5, 5.41) is 15.1. The van der Waals surface area contributed by atoms with E-state index in [2.05, 4.69) is 10.5 Å². The summed E-state index contributed by atoms with van der Waals surface area (Å²) in [5.74, 6) is -1.37. The SMILES string of the molecule is O=C(O)C1=NOC(C(=O)NC2CCCCCC2)C1. The van der Waals surface area contributed by atoms with Crippen LogP contribution >= 0.6 is 0 Å². The van der Waals surface area contributed by atoms with E-state index in [1.54, 1.807) is 0 Å². The number of rotatable bonds is 3. The highest BCUT2D eigenvalue weighted by Crippen LogP contribution is 2.18. The topological polar surface area (TPSA) is 88.0 Å². The highest BCUT2D eigenvalue weighted by molar-refractivity contribution is 6.36. The van der Waals surface area contributed by atoms with Crippen LogP contribution in [0.25, 0.3) is 0 Å². The number of carboxylic acids is 1. The lowest BCUT2D eigenvalue weighted by atomic mass is 10.1. The van der Waals surface area contributed by atoms with Crippen LogP contribution in [-0.4, -0.2) is 34.8 Å². The summed E-state index contributed by atoms with van der Waals surface area (Å²) >= 11 is 0. The molecular formula is C12H18N2O4. The third-order valence-electron chi connectivity index (χ3n) is 3.41. The van der Waals surface area contributed by atoms with E-state index in [0.717, 1.165) is 25.7 Å². The Hall–Kier alpha value is -1.59. The van der Waals surface area contributed by atoms with Gasteiger partial charge in [0.15, 0.2) is 5.71 Å². The summed E-state index contributed by atoms with van der Waals surface area (Å²) < 4.78 is 0. The number of nitrogens with one attached hydrogen (secondary N) is 1. The Balaban J connectivity index is 1.80. The number of aliphatic carboxylic acids is 1. The van der Waals surface area contributed by atoms with Crippen LogP contribution in [0, 0.1) is 0 Å². The number of hydrogen-bond donors (Lipinski definition) is 2. The van der Waals surface area contributed by atoms with Crippen molar-refractivity contribution in [3.05, 3.63) is 0 Å². The van der Waals surface area contributed by atoms with Crippen LogP contribution in [0.5, 0.6) is 0 Å². The van der Waals surface area contributed by atoms with Crippen molar-refractivity contribution in [3.8, 4) is 0 Å². The van der Waals surface area contributed by atoms with E-state index >= 15 is 0 Å². The van der Waals surface area contributed by atoms with Gasteiger partial charge in [-0.25, -0.2) is 4.79 Å². The summed E-state index contributed by atoms with van der Waals surface area (Å²) in [7, 11) is 0. The lowest BCUT2D eigenvalue weighted by molar-refractivity contribution is -0.132. The summed E-state index contributed by atoms with van der Waals surface area (Å²) in [4.78, 5) is 27.4. The van der Waals surface area contributed by atoms with Crippen LogP contribution in [0.15, 0.2) is 5.16 Å². The van der Waals surface area contributed by atoms with E-state index in [4.69, 9.17) is 9.94 Å². The molecule has 6 heteroatoms. The summed E-state index contributed by atoms with van der Waals surface area (Å²) in [6, 6.07) is 0.192.